The van der Waals surface area contributed by atoms with Gasteiger partial charge in [-0.25, -0.2) is 0 Å². The highest BCUT2D eigenvalue weighted by Gasteiger charge is 2.22. The van der Waals surface area contributed by atoms with Crippen LogP contribution in [-0.2, 0) is 0 Å². The van der Waals surface area contributed by atoms with Crippen molar-refractivity contribution in [3.8, 4) is 0 Å². The quantitative estimate of drug-likeness (QED) is 0.873. The van der Waals surface area contributed by atoms with E-state index in [0.29, 0.717) is 5.41 Å². The van der Waals surface area contributed by atoms with Crippen LogP contribution in [0.2, 0.25) is 0 Å². The number of nitrogens with zero attached hydrogens (tertiary/aromatic N) is 1. The van der Waals surface area contributed by atoms with E-state index in [0.717, 1.165) is 13.1 Å². The molecule has 1 aliphatic heterocycles. The predicted octanol–water partition coefficient (Wildman–Crippen LogP) is 3.61. The monoisotopic (exact) mass is 246 g/mol. The lowest BCUT2D eigenvalue weighted by Crippen LogP contribution is -2.30. The maximum absolute atomic E-state index is 3.49. The van der Waals surface area contributed by atoms with Crippen molar-refractivity contribution in [2.24, 2.45) is 5.41 Å². The molecule has 2 heteroatoms. The van der Waals surface area contributed by atoms with Crippen LogP contribution in [0, 0.1) is 5.41 Å². The largest absolute Gasteiger partial charge is 0.384 e. The van der Waals surface area contributed by atoms with Crippen molar-refractivity contribution < 1.29 is 0 Å². The van der Waals surface area contributed by atoms with Gasteiger partial charge in [0.15, 0.2) is 0 Å². The minimum absolute atomic E-state index is 0.543. The molecule has 1 N–H and O–H groups in total. The highest BCUT2D eigenvalue weighted by Crippen LogP contribution is 2.29. The first-order chi connectivity index (χ1) is 8.66. The van der Waals surface area contributed by atoms with Crippen molar-refractivity contribution in [1.82, 2.24) is 4.90 Å². The first kappa shape index (κ1) is 13.4. The second kappa shape index (κ2) is 6.24. The Bertz CT molecular complexity index is 345. The molecule has 18 heavy (non-hydrogen) atoms. The standard InChI is InChI=1S/C16H26N2/c1-16(2)9-6-12-18(13-10-16)14-11-17-15-7-4-3-5-8-15/h3-5,7-8,17H,6,9-14H2,1-2H3. The Morgan fingerprint density at radius 2 is 1.89 bits per heavy atom. The molecule has 0 radical (unpaired) electrons. The first-order valence-electron chi connectivity index (χ1n) is 7.17. The molecular formula is C16H26N2. The number of hydrogen-bond acceptors (Lipinski definition) is 2. The zero-order chi connectivity index (χ0) is 12.8. The van der Waals surface area contributed by atoms with E-state index in [1.165, 1.54) is 38.0 Å². The summed E-state index contributed by atoms with van der Waals surface area (Å²) in [6.45, 7) is 9.52. The maximum Gasteiger partial charge on any atom is 0.0340 e. The molecule has 0 aromatic heterocycles. The Hall–Kier alpha value is -1.02. The Morgan fingerprint density at radius 1 is 1.11 bits per heavy atom. The van der Waals surface area contributed by atoms with Gasteiger partial charge in [0.1, 0.15) is 0 Å². The molecule has 100 valence electrons. The average molecular weight is 246 g/mol. The van der Waals surface area contributed by atoms with Gasteiger partial charge in [-0.2, -0.15) is 0 Å². The molecule has 1 aromatic carbocycles. The minimum atomic E-state index is 0.543. The summed E-state index contributed by atoms with van der Waals surface area (Å²) in [5, 5.41) is 3.49. The lowest BCUT2D eigenvalue weighted by Gasteiger charge is -2.23. The van der Waals surface area contributed by atoms with Crippen LogP contribution in [0.15, 0.2) is 30.3 Å². The third kappa shape index (κ3) is 4.34. The zero-order valence-corrected chi connectivity index (χ0v) is 11.8. The number of rotatable bonds is 4. The van der Waals surface area contributed by atoms with Crippen LogP contribution in [0.5, 0.6) is 0 Å². The molecule has 0 unspecified atom stereocenters. The summed E-state index contributed by atoms with van der Waals surface area (Å²) >= 11 is 0. The minimum Gasteiger partial charge on any atom is -0.384 e. The van der Waals surface area contributed by atoms with Crippen molar-refractivity contribution in [3.05, 3.63) is 30.3 Å². The fourth-order valence-electron chi connectivity index (χ4n) is 2.62. The van der Waals surface area contributed by atoms with Crippen LogP contribution in [0.1, 0.15) is 33.1 Å². The summed E-state index contributed by atoms with van der Waals surface area (Å²) in [6, 6.07) is 10.5. The van der Waals surface area contributed by atoms with E-state index >= 15 is 0 Å². The van der Waals surface area contributed by atoms with Gasteiger partial charge in [0.05, 0.1) is 0 Å². The van der Waals surface area contributed by atoms with Crippen LogP contribution in [0.25, 0.3) is 0 Å². The highest BCUT2D eigenvalue weighted by atomic mass is 15.1. The number of likely N-dealkylation sites (tertiary alicyclic amines) is 1. The molecule has 1 aliphatic rings. The summed E-state index contributed by atoms with van der Waals surface area (Å²) < 4.78 is 0. The van der Waals surface area contributed by atoms with E-state index in [4.69, 9.17) is 0 Å². The van der Waals surface area contributed by atoms with E-state index in [1.807, 2.05) is 0 Å². The summed E-state index contributed by atoms with van der Waals surface area (Å²) in [4.78, 5) is 2.60. The number of para-hydroxylation sites is 1. The van der Waals surface area contributed by atoms with Crippen LogP contribution >= 0.6 is 0 Å². The third-order valence-corrected chi connectivity index (χ3v) is 3.96. The van der Waals surface area contributed by atoms with Crippen LogP contribution in [0.3, 0.4) is 0 Å². The summed E-state index contributed by atoms with van der Waals surface area (Å²) in [5.41, 5.74) is 1.77. The normalized spacial score (nSPS) is 20.3. The van der Waals surface area contributed by atoms with Crippen LogP contribution < -0.4 is 5.32 Å². The molecule has 0 aliphatic carbocycles. The van der Waals surface area contributed by atoms with Gasteiger partial charge >= 0.3 is 0 Å². The van der Waals surface area contributed by atoms with Crippen LogP contribution in [0.4, 0.5) is 5.69 Å². The lowest BCUT2D eigenvalue weighted by atomic mass is 9.85. The molecule has 0 spiro atoms. The number of hydrogen-bond donors (Lipinski definition) is 1. The fourth-order valence-corrected chi connectivity index (χ4v) is 2.62. The summed E-state index contributed by atoms with van der Waals surface area (Å²) in [6.07, 6.45) is 4.05. The maximum atomic E-state index is 3.49. The number of benzene rings is 1. The predicted molar refractivity (Wildman–Crippen MR) is 79.0 cm³/mol. The first-order valence-corrected chi connectivity index (χ1v) is 7.17. The smallest absolute Gasteiger partial charge is 0.0340 e. The summed E-state index contributed by atoms with van der Waals surface area (Å²) in [5.74, 6) is 0. The summed E-state index contributed by atoms with van der Waals surface area (Å²) in [7, 11) is 0. The van der Waals surface area contributed by atoms with E-state index in [2.05, 4.69) is 54.4 Å². The molecule has 0 amide bonds. The van der Waals surface area contributed by atoms with Gasteiger partial charge in [-0.15, -0.1) is 0 Å². The molecule has 0 bridgehead atoms. The van der Waals surface area contributed by atoms with Gasteiger partial charge in [0.2, 0.25) is 0 Å². The van der Waals surface area contributed by atoms with E-state index < -0.39 is 0 Å². The Kier molecular flexibility index (Phi) is 4.65. The van der Waals surface area contributed by atoms with Gasteiger partial charge in [-0.3, -0.25) is 0 Å². The highest BCUT2D eigenvalue weighted by molar-refractivity contribution is 5.42. The van der Waals surface area contributed by atoms with E-state index in [1.54, 1.807) is 0 Å². The van der Waals surface area contributed by atoms with Gasteiger partial charge in [0, 0.05) is 18.8 Å². The van der Waals surface area contributed by atoms with Crippen LogP contribution in [-0.4, -0.2) is 31.1 Å². The second-order valence-electron chi connectivity index (χ2n) is 6.15. The molecule has 0 atom stereocenters. The van der Waals surface area contributed by atoms with Crippen molar-refractivity contribution in [3.63, 3.8) is 0 Å². The van der Waals surface area contributed by atoms with Crippen molar-refractivity contribution in [1.29, 1.82) is 0 Å². The SMILES string of the molecule is CC1(C)CCCN(CCNc2ccccc2)CC1. The van der Waals surface area contributed by atoms with Crippen molar-refractivity contribution in [2.75, 3.05) is 31.5 Å². The molecular weight excluding hydrogens is 220 g/mol. The average Bonchev–Trinajstić information content (AvgIpc) is 2.52. The Morgan fingerprint density at radius 3 is 2.67 bits per heavy atom. The topological polar surface area (TPSA) is 15.3 Å². The van der Waals surface area contributed by atoms with Crippen molar-refractivity contribution >= 4 is 5.69 Å². The van der Waals surface area contributed by atoms with E-state index in [-0.39, 0.29) is 0 Å². The van der Waals surface area contributed by atoms with Gasteiger partial charge in [-0.05, 0) is 49.9 Å². The molecule has 2 nitrogen and oxygen atoms in total. The molecule has 0 saturated carbocycles. The third-order valence-electron chi connectivity index (χ3n) is 3.96. The molecule has 1 saturated heterocycles. The molecule has 2 rings (SSSR count). The Labute approximate surface area is 111 Å². The van der Waals surface area contributed by atoms with E-state index in [9.17, 15) is 0 Å². The zero-order valence-electron chi connectivity index (χ0n) is 11.8. The van der Waals surface area contributed by atoms with Gasteiger partial charge in [0.25, 0.3) is 0 Å². The van der Waals surface area contributed by atoms with Gasteiger partial charge < -0.3 is 10.2 Å². The molecule has 1 fully saturated rings. The Balaban J connectivity index is 1.71. The fraction of sp³-hybridized carbons (Fsp3) is 0.625. The molecule has 1 heterocycles. The number of anilines is 1. The van der Waals surface area contributed by atoms with Crippen molar-refractivity contribution in [2.45, 2.75) is 33.1 Å². The lowest BCUT2D eigenvalue weighted by molar-refractivity contribution is 0.269. The molecule has 1 aromatic rings. The number of nitrogens with one attached hydrogen (secondary N) is 1. The van der Waals surface area contributed by atoms with Gasteiger partial charge in [-0.1, -0.05) is 32.0 Å². The second-order valence-corrected chi connectivity index (χ2v) is 6.15.